The van der Waals surface area contributed by atoms with Gasteiger partial charge in [-0.05, 0) is 38.1 Å². The Bertz CT molecular complexity index is 926. The summed E-state index contributed by atoms with van der Waals surface area (Å²) in [6.45, 7) is 3.78. The molecule has 0 atom stereocenters. The molecule has 10 heteroatoms. The van der Waals surface area contributed by atoms with Gasteiger partial charge in [-0.3, -0.25) is 9.88 Å². The minimum absolute atomic E-state index is 0. The fraction of sp³-hybridized carbons (Fsp3) is 0.235. The summed E-state index contributed by atoms with van der Waals surface area (Å²) < 4.78 is 5.50. The molecule has 3 aromatic rings. The normalized spacial score (nSPS) is 13.9. The lowest BCUT2D eigenvalue weighted by Crippen LogP contribution is -2.41. The first-order valence-electron chi connectivity index (χ1n) is 7.37. The third-order valence-corrected chi connectivity index (χ3v) is 4.18. The predicted molar refractivity (Wildman–Crippen MR) is 102 cm³/mol. The molecule has 1 aliphatic heterocycles. The van der Waals surface area contributed by atoms with Gasteiger partial charge in [0, 0.05) is 30.6 Å². The number of H-pyrrole nitrogens is 1. The van der Waals surface area contributed by atoms with E-state index in [1.807, 2.05) is 38.1 Å². The molecule has 148 valence electrons. The van der Waals surface area contributed by atoms with Gasteiger partial charge >= 0.3 is 6.09 Å². The lowest BCUT2D eigenvalue weighted by molar-refractivity contribution is 0.0363. The predicted octanol–water partition coefficient (Wildman–Crippen LogP) is 0.148. The Morgan fingerprint density at radius 2 is 1.70 bits per heavy atom. The molecule has 0 saturated carbocycles. The molecule has 3 heterocycles. The molecule has 0 aliphatic carbocycles. The molecule has 27 heavy (non-hydrogen) atoms. The largest absolute Gasteiger partial charge is 0.438 e. The first-order valence-corrected chi connectivity index (χ1v) is 7.37. The summed E-state index contributed by atoms with van der Waals surface area (Å²) in [7, 11) is 1.71. The monoisotopic (exact) mass is 380 g/mol. The van der Waals surface area contributed by atoms with Crippen molar-refractivity contribution in [2.24, 2.45) is 0 Å². The fourth-order valence-corrected chi connectivity index (χ4v) is 2.89. The number of hydrogen-bond donors (Lipinski definition) is 1. The molecule has 4 rings (SSSR count). The van der Waals surface area contributed by atoms with Gasteiger partial charge in [-0.15, -0.1) is 0 Å². The molecule has 2 aromatic heterocycles. The third kappa shape index (κ3) is 3.73. The number of hydrogen-bond acceptors (Lipinski definition) is 4. The van der Waals surface area contributed by atoms with Gasteiger partial charge < -0.3 is 31.6 Å². The lowest BCUT2D eigenvalue weighted by Gasteiger charge is -2.36. The van der Waals surface area contributed by atoms with E-state index in [0.717, 1.165) is 33.7 Å². The second-order valence-electron chi connectivity index (χ2n) is 6.15. The van der Waals surface area contributed by atoms with Gasteiger partial charge in [0.15, 0.2) is 0 Å². The van der Waals surface area contributed by atoms with Gasteiger partial charge in [0.1, 0.15) is 11.4 Å². The highest BCUT2D eigenvalue weighted by atomic mass is 16.6. The Labute approximate surface area is 155 Å². The molecule has 1 amide bonds. The van der Waals surface area contributed by atoms with Crippen molar-refractivity contribution in [3.8, 4) is 11.4 Å². The van der Waals surface area contributed by atoms with Crippen LogP contribution in [0.4, 0.5) is 10.5 Å². The number of aromatic amines is 1. The lowest BCUT2D eigenvalue weighted by atomic mass is 9.94. The van der Waals surface area contributed by atoms with Crippen LogP contribution in [0, 0.1) is 0 Å². The maximum Gasteiger partial charge on any atom is 0.414 e. The number of cyclic esters (lactones) is 1. The van der Waals surface area contributed by atoms with Crippen LogP contribution in [0.15, 0.2) is 36.7 Å². The fourth-order valence-electron chi connectivity index (χ4n) is 2.89. The SMILES string of the molecule is CN1C(=O)OC(C)(C)c2cc3[nH]c(-c4ccncc4)nc3cc21.O.O.O.O. The van der Waals surface area contributed by atoms with E-state index in [1.54, 1.807) is 19.4 Å². The van der Waals surface area contributed by atoms with Crippen molar-refractivity contribution in [3.63, 3.8) is 0 Å². The first kappa shape index (κ1) is 23.9. The van der Waals surface area contributed by atoms with Crippen molar-refractivity contribution < 1.29 is 31.4 Å². The number of amides is 1. The second-order valence-corrected chi connectivity index (χ2v) is 6.15. The van der Waals surface area contributed by atoms with Gasteiger partial charge in [-0.25, -0.2) is 9.78 Å². The minimum Gasteiger partial charge on any atom is -0.438 e. The molecular formula is C17H24N4O6. The molecule has 0 spiro atoms. The number of benzene rings is 1. The topological polar surface area (TPSA) is 197 Å². The van der Waals surface area contributed by atoms with Crippen LogP contribution in [0.3, 0.4) is 0 Å². The third-order valence-electron chi connectivity index (χ3n) is 4.18. The summed E-state index contributed by atoms with van der Waals surface area (Å²) >= 11 is 0. The molecule has 0 radical (unpaired) electrons. The number of rotatable bonds is 1. The van der Waals surface area contributed by atoms with Crippen LogP contribution in [0.25, 0.3) is 22.4 Å². The number of nitrogens with one attached hydrogen (secondary N) is 1. The zero-order chi connectivity index (χ0) is 16.2. The molecule has 0 saturated heterocycles. The summed E-state index contributed by atoms with van der Waals surface area (Å²) in [6.07, 6.45) is 3.11. The smallest absolute Gasteiger partial charge is 0.414 e. The van der Waals surface area contributed by atoms with Crippen LogP contribution in [0.5, 0.6) is 0 Å². The number of ether oxygens (including phenoxy) is 1. The van der Waals surface area contributed by atoms with Crippen molar-refractivity contribution in [1.82, 2.24) is 15.0 Å². The van der Waals surface area contributed by atoms with Gasteiger partial charge in [0.05, 0.1) is 16.7 Å². The summed E-state index contributed by atoms with van der Waals surface area (Å²) in [6, 6.07) is 7.74. The molecular weight excluding hydrogens is 356 g/mol. The minimum atomic E-state index is -0.672. The number of carbonyl (C=O) groups excluding carboxylic acids is 1. The van der Waals surface area contributed by atoms with Crippen LogP contribution in [-0.2, 0) is 10.3 Å². The van der Waals surface area contributed by atoms with Crippen molar-refractivity contribution in [2.45, 2.75) is 19.4 Å². The molecule has 0 bridgehead atoms. The van der Waals surface area contributed by atoms with E-state index in [1.165, 1.54) is 4.90 Å². The average molecular weight is 380 g/mol. The van der Waals surface area contributed by atoms with Crippen LogP contribution in [0.2, 0.25) is 0 Å². The Kier molecular flexibility index (Phi) is 7.18. The maximum atomic E-state index is 12.0. The van der Waals surface area contributed by atoms with Gasteiger partial charge in [0.2, 0.25) is 0 Å². The summed E-state index contributed by atoms with van der Waals surface area (Å²) in [5.74, 6) is 0.775. The van der Waals surface area contributed by atoms with Crippen molar-refractivity contribution in [2.75, 3.05) is 11.9 Å². The van der Waals surface area contributed by atoms with E-state index in [0.29, 0.717) is 0 Å². The van der Waals surface area contributed by atoms with E-state index in [9.17, 15) is 4.79 Å². The average Bonchev–Trinajstić information content (AvgIpc) is 2.95. The number of nitrogens with zero attached hydrogens (tertiary/aromatic N) is 3. The Morgan fingerprint density at radius 1 is 1.07 bits per heavy atom. The van der Waals surface area contributed by atoms with Crippen LogP contribution in [0.1, 0.15) is 19.4 Å². The van der Waals surface area contributed by atoms with Crippen molar-refractivity contribution >= 4 is 22.8 Å². The van der Waals surface area contributed by atoms with E-state index >= 15 is 0 Å². The molecule has 10 nitrogen and oxygen atoms in total. The quantitative estimate of drug-likeness (QED) is 0.627. The number of aromatic nitrogens is 3. The Balaban J connectivity index is 0.00000169. The van der Waals surface area contributed by atoms with Gasteiger partial charge in [0.25, 0.3) is 0 Å². The standard InChI is InChI=1S/C17H16N4O2.4H2O/c1-17(2)11-8-12-13(9-14(11)21(3)16(22)23-17)20-15(19-12)10-4-6-18-7-5-10;;;;/h4-9H,1-3H3,(H,19,20);4*1H2. The van der Waals surface area contributed by atoms with Gasteiger partial charge in [-0.2, -0.15) is 0 Å². The molecule has 0 unspecified atom stereocenters. The zero-order valence-electron chi connectivity index (χ0n) is 15.1. The Morgan fingerprint density at radius 3 is 2.33 bits per heavy atom. The number of imidazole rings is 1. The highest BCUT2D eigenvalue weighted by Crippen LogP contribution is 2.40. The van der Waals surface area contributed by atoms with Crippen LogP contribution in [-0.4, -0.2) is 50.0 Å². The van der Waals surface area contributed by atoms with Crippen LogP contribution >= 0.6 is 0 Å². The van der Waals surface area contributed by atoms with E-state index in [4.69, 9.17) is 4.74 Å². The van der Waals surface area contributed by atoms with E-state index in [2.05, 4.69) is 15.0 Å². The highest BCUT2D eigenvalue weighted by Gasteiger charge is 2.37. The van der Waals surface area contributed by atoms with Gasteiger partial charge in [-0.1, -0.05) is 0 Å². The second kappa shape index (κ2) is 8.10. The number of anilines is 1. The highest BCUT2D eigenvalue weighted by molar-refractivity contribution is 5.95. The summed E-state index contributed by atoms with van der Waals surface area (Å²) in [4.78, 5) is 25.5. The first-order chi connectivity index (χ1) is 11.0. The number of pyridine rings is 1. The zero-order valence-corrected chi connectivity index (χ0v) is 15.1. The molecule has 1 aromatic carbocycles. The maximum absolute atomic E-state index is 12.0. The van der Waals surface area contributed by atoms with Crippen molar-refractivity contribution in [1.29, 1.82) is 0 Å². The van der Waals surface area contributed by atoms with Crippen LogP contribution < -0.4 is 4.90 Å². The van der Waals surface area contributed by atoms with E-state index in [-0.39, 0.29) is 28.0 Å². The molecule has 9 N–H and O–H groups in total. The number of fused-ring (bicyclic) bond motifs is 2. The molecule has 0 fully saturated rings. The Hall–Kier alpha value is -3.05. The summed E-state index contributed by atoms with van der Waals surface area (Å²) in [5, 5.41) is 0. The molecule has 1 aliphatic rings. The van der Waals surface area contributed by atoms with E-state index < -0.39 is 5.60 Å². The number of carbonyl (C=O) groups is 1. The summed E-state index contributed by atoms with van der Waals surface area (Å²) in [5.41, 5.74) is 3.80. The van der Waals surface area contributed by atoms with Crippen molar-refractivity contribution in [3.05, 3.63) is 42.2 Å².